The molecule has 0 radical (unpaired) electrons. The Morgan fingerprint density at radius 2 is 2.28 bits per heavy atom. The Kier molecular flexibility index (Phi) is 4.56. The first-order chi connectivity index (χ1) is 8.60. The lowest BCUT2D eigenvalue weighted by molar-refractivity contribution is 0.460. The van der Waals surface area contributed by atoms with E-state index in [-0.39, 0.29) is 22.9 Å². The number of rotatable bonds is 4. The number of benzene rings is 1. The molecule has 3 unspecified atom stereocenters. The third-order valence-electron chi connectivity index (χ3n) is 3.44. The van der Waals surface area contributed by atoms with E-state index in [2.05, 4.69) is 17.8 Å². The molecule has 18 heavy (non-hydrogen) atoms. The molecule has 0 bridgehead atoms. The van der Waals surface area contributed by atoms with E-state index in [1.807, 2.05) is 0 Å². The molecule has 3 atom stereocenters. The summed E-state index contributed by atoms with van der Waals surface area (Å²) in [5.41, 5.74) is 13.4. The van der Waals surface area contributed by atoms with Gasteiger partial charge in [-0.25, -0.2) is 4.39 Å². The van der Waals surface area contributed by atoms with Crippen molar-refractivity contribution < 1.29 is 4.39 Å². The van der Waals surface area contributed by atoms with E-state index < -0.39 is 0 Å². The molecular formula is C13H19ClFN3. The number of hydrogen-bond donors (Lipinski definition) is 3. The van der Waals surface area contributed by atoms with Crippen LogP contribution in [0.25, 0.3) is 0 Å². The molecular weight excluding hydrogens is 253 g/mol. The SMILES string of the molecule is CCC(N)CC1CC(c2ccc(F)c(Cl)c2)NN1. The van der Waals surface area contributed by atoms with Gasteiger partial charge in [0.25, 0.3) is 0 Å². The topological polar surface area (TPSA) is 50.1 Å². The fourth-order valence-corrected chi connectivity index (χ4v) is 2.45. The van der Waals surface area contributed by atoms with Crippen LogP contribution in [0.2, 0.25) is 5.02 Å². The van der Waals surface area contributed by atoms with Crippen molar-refractivity contribution in [3.63, 3.8) is 0 Å². The Labute approximate surface area is 112 Å². The first-order valence-electron chi connectivity index (χ1n) is 6.31. The minimum atomic E-state index is -0.379. The average Bonchev–Trinajstić information content (AvgIpc) is 2.81. The van der Waals surface area contributed by atoms with Crippen molar-refractivity contribution in [2.24, 2.45) is 5.73 Å². The van der Waals surface area contributed by atoms with Crippen LogP contribution < -0.4 is 16.6 Å². The van der Waals surface area contributed by atoms with Crippen molar-refractivity contribution in [3.8, 4) is 0 Å². The third-order valence-corrected chi connectivity index (χ3v) is 3.73. The maximum atomic E-state index is 13.1. The van der Waals surface area contributed by atoms with Crippen molar-refractivity contribution in [1.82, 2.24) is 10.9 Å². The summed E-state index contributed by atoms with van der Waals surface area (Å²) in [6, 6.07) is 5.59. The van der Waals surface area contributed by atoms with Crippen molar-refractivity contribution in [2.45, 2.75) is 44.3 Å². The first kappa shape index (κ1) is 13.7. The van der Waals surface area contributed by atoms with Crippen LogP contribution in [0.1, 0.15) is 37.8 Å². The summed E-state index contributed by atoms with van der Waals surface area (Å²) in [6.07, 6.45) is 2.86. The zero-order chi connectivity index (χ0) is 13.1. The lowest BCUT2D eigenvalue weighted by atomic mass is 9.97. The highest BCUT2D eigenvalue weighted by atomic mass is 35.5. The molecule has 0 aliphatic carbocycles. The number of halogens is 2. The van der Waals surface area contributed by atoms with Gasteiger partial charge in [0.05, 0.1) is 5.02 Å². The van der Waals surface area contributed by atoms with Crippen LogP contribution in [0.5, 0.6) is 0 Å². The number of nitrogens with one attached hydrogen (secondary N) is 2. The molecule has 2 rings (SSSR count). The predicted octanol–water partition coefficient (Wildman–Crippen LogP) is 2.51. The normalized spacial score (nSPS) is 25.3. The van der Waals surface area contributed by atoms with Gasteiger partial charge in [0.2, 0.25) is 0 Å². The van der Waals surface area contributed by atoms with Crippen LogP contribution in [0.4, 0.5) is 4.39 Å². The zero-order valence-corrected chi connectivity index (χ0v) is 11.2. The van der Waals surface area contributed by atoms with Gasteiger partial charge >= 0.3 is 0 Å². The molecule has 1 aromatic carbocycles. The lowest BCUT2D eigenvalue weighted by Crippen LogP contribution is -2.35. The van der Waals surface area contributed by atoms with Crippen LogP contribution in [0.3, 0.4) is 0 Å². The van der Waals surface area contributed by atoms with Gasteiger partial charge in [-0.15, -0.1) is 0 Å². The minimum Gasteiger partial charge on any atom is -0.328 e. The van der Waals surface area contributed by atoms with Gasteiger partial charge in [0.1, 0.15) is 5.82 Å². The first-order valence-corrected chi connectivity index (χ1v) is 6.69. The van der Waals surface area contributed by atoms with Crippen LogP contribution in [-0.2, 0) is 0 Å². The Morgan fingerprint density at radius 3 is 2.94 bits per heavy atom. The molecule has 1 saturated heterocycles. The third kappa shape index (κ3) is 3.20. The molecule has 0 spiro atoms. The van der Waals surface area contributed by atoms with Crippen LogP contribution in [-0.4, -0.2) is 12.1 Å². The quantitative estimate of drug-likeness (QED) is 0.789. The summed E-state index contributed by atoms with van der Waals surface area (Å²) in [5.74, 6) is -0.379. The van der Waals surface area contributed by atoms with E-state index >= 15 is 0 Å². The average molecular weight is 272 g/mol. The Hall–Kier alpha value is -0.680. The molecule has 0 aromatic heterocycles. The van der Waals surface area contributed by atoms with Crippen LogP contribution >= 0.6 is 11.6 Å². The fraction of sp³-hybridized carbons (Fsp3) is 0.538. The molecule has 0 amide bonds. The largest absolute Gasteiger partial charge is 0.328 e. The highest BCUT2D eigenvalue weighted by molar-refractivity contribution is 6.30. The summed E-state index contributed by atoms with van der Waals surface area (Å²) in [5, 5.41) is 0.169. The summed E-state index contributed by atoms with van der Waals surface area (Å²) < 4.78 is 13.1. The Balaban J connectivity index is 1.97. The standard InChI is InChI=1S/C13H19ClFN3/c1-2-9(16)6-10-7-13(18-17-10)8-3-4-12(15)11(14)5-8/h3-5,9-10,13,17-18H,2,6-7,16H2,1H3. The molecule has 100 valence electrons. The molecule has 1 aliphatic rings. The molecule has 4 N–H and O–H groups in total. The molecule has 1 aliphatic heterocycles. The molecule has 3 nitrogen and oxygen atoms in total. The molecule has 5 heteroatoms. The van der Waals surface area contributed by atoms with E-state index in [0.717, 1.165) is 24.8 Å². The van der Waals surface area contributed by atoms with E-state index in [1.165, 1.54) is 6.07 Å². The van der Waals surface area contributed by atoms with Crippen molar-refractivity contribution in [2.75, 3.05) is 0 Å². The molecule has 1 aromatic rings. The highest BCUT2D eigenvalue weighted by Gasteiger charge is 2.26. The monoisotopic (exact) mass is 271 g/mol. The smallest absolute Gasteiger partial charge is 0.141 e. The predicted molar refractivity (Wildman–Crippen MR) is 71.7 cm³/mol. The fourth-order valence-electron chi connectivity index (χ4n) is 2.26. The summed E-state index contributed by atoms with van der Waals surface area (Å²) in [4.78, 5) is 0. The van der Waals surface area contributed by atoms with E-state index in [1.54, 1.807) is 12.1 Å². The maximum absolute atomic E-state index is 13.1. The van der Waals surface area contributed by atoms with Crippen LogP contribution in [0.15, 0.2) is 18.2 Å². The summed E-state index contributed by atoms with van der Waals surface area (Å²) in [7, 11) is 0. The number of nitrogens with two attached hydrogens (primary N) is 1. The van der Waals surface area contributed by atoms with Gasteiger partial charge in [-0.1, -0.05) is 24.6 Å². The van der Waals surface area contributed by atoms with Gasteiger partial charge < -0.3 is 5.73 Å². The number of hydrazine groups is 1. The minimum absolute atomic E-state index is 0.164. The van der Waals surface area contributed by atoms with Crippen molar-refractivity contribution in [3.05, 3.63) is 34.6 Å². The van der Waals surface area contributed by atoms with E-state index in [9.17, 15) is 4.39 Å². The maximum Gasteiger partial charge on any atom is 0.141 e. The van der Waals surface area contributed by atoms with Crippen molar-refractivity contribution in [1.29, 1.82) is 0 Å². The van der Waals surface area contributed by atoms with Gasteiger partial charge in [0, 0.05) is 18.1 Å². The summed E-state index contributed by atoms with van der Waals surface area (Å²) in [6.45, 7) is 2.09. The van der Waals surface area contributed by atoms with Gasteiger partial charge in [-0.05, 0) is 37.0 Å². The second kappa shape index (κ2) is 5.97. The number of hydrogen-bond acceptors (Lipinski definition) is 3. The second-order valence-electron chi connectivity index (χ2n) is 4.85. The van der Waals surface area contributed by atoms with Gasteiger partial charge in [0.15, 0.2) is 0 Å². The van der Waals surface area contributed by atoms with Crippen LogP contribution in [0, 0.1) is 5.82 Å². The summed E-state index contributed by atoms with van der Waals surface area (Å²) >= 11 is 5.79. The zero-order valence-electron chi connectivity index (χ0n) is 10.4. The second-order valence-corrected chi connectivity index (χ2v) is 5.26. The van der Waals surface area contributed by atoms with E-state index in [4.69, 9.17) is 17.3 Å². The van der Waals surface area contributed by atoms with Gasteiger partial charge in [-0.2, -0.15) is 0 Å². The Morgan fingerprint density at radius 1 is 1.50 bits per heavy atom. The molecule has 1 heterocycles. The van der Waals surface area contributed by atoms with Gasteiger partial charge in [-0.3, -0.25) is 10.9 Å². The van der Waals surface area contributed by atoms with E-state index in [0.29, 0.717) is 6.04 Å². The lowest BCUT2D eigenvalue weighted by Gasteiger charge is -2.14. The highest BCUT2D eigenvalue weighted by Crippen LogP contribution is 2.27. The van der Waals surface area contributed by atoms with Crippen molar-refractivity contribution >= 4 is 11.6 Å². The Bertz CT molecular complexity index is 413. The molecule has 0 saturated carbocycles. The molecule has 1 fully saturated rings.